The predicted molar refractivity (Wildman–Crippen MR) is 65.9 cm³/mol. The molecule has 0 aliphatic carbocycles. The Hall–Kier alpha value is -0.730. The van der Waals surface area contributed by atoms with Gasteiger partial charge >= 0.3 is 0 Å². The van der Waals surface area contributed by atoms with Crippen LogP contribution in [0.4, 0.5) is 0 Å². The molecule has 5 atom stereocenters. The number of amides is 1. The summed E-state index contributed by atoms with van der Waals surface area (Å²) in [6.07, 6.45) is -2.05. The first-order chi connectivity index (χ1) is 8.97. The third-order valence-electron chi connectivity index (χ3n) is 3.29. The van der Waals surface area contributed by atoms with Gasteiger partial charge < -0.3 is 30.5 Å². The van der Waals surface area contributed by atoms with E-state index in [0.717, 1.165) is 0 Å². The van der Waals surface area contributed by atoms with Gasteiger partial charge in [0.15, 0.2) is 6.29 Å². The quantitative estimate of drug-likeness (QED) is 0.431. The number of carbonyl (C=O) groups is 1. The van der Waals surface area contributed by atoms with E-state index in [4.69, 9.17) is 20.3 Å². The topological polar surface area (TPSA) is 122 Å². The number of hydrogen-bond acceptors (Lipinski definition) is 6. The first-order valence-corrected chi connectivity index (χ1v) is 6.49. The van der Waals surface area contributed by atoms with E-state index in [0.29, 0.717) is 25.9 Å². The van der Waals surface area contributed by atoms with Crippen LogP contribution in [0.25, 0.3) is 0 Å². The Bertz CT molecular complexity index is 285. The van der Waals surface area contributed by atoms with E-state index in [-0.39, 0.29) is 12.5 Å². The Morgan fingerprint density at radius 3 is 2.58 bits per heavy atom. The number of rotatable bonds is 7. The second-order valence-corrected chi connectivity index (χ2v) is 4.86. The van der Waals surface area contributed by atoms with Gasteiger partial charge in [0, 0.05) is 18.9 Å². The lowest BCUT2D eigenvalue weighted by atomic mass is 9.92. The lowest BCUT2D eigenvalue weighted by Crippen LogP contribution is -2.55. The summed E-state index contributed by atoms with van der Waals surface area (Å²) in [7, 11) is 0. The first-order valence-electron chi connectivity index (χ1n) is 6.49. The average molecular weight is 277 g/mol. The molecule has 7 nitrogen and oxygen atoms in total. The monoisotopic (exact) mass is 277 g/mol. The van der Waals surface area contributed by atoms with E-state index in [1.165, 1.54) is 0 Å². The Morgan fingerprint density at radius 1 is 1.32 bits per heavy atom. The van der Waals surface area contributed by atoms with Gasteiger partial charge in [-0.25, -0.2) is 0 Å². The van der Waals surface area contributed by atoms with Gasteiger partial charge in [0.1, 0.15) is 12.2 Å². The number of nitrogens with two attached hydrogens (primary N) is 1. The van der Waals surface area contributed by atoms with Gasteiger partial charge in [0.2, 0.25) is 5.91 Å². The van der Waals surface area contributed by atoms with Crippen molar-refractivity contribution in [2.75, 3.05) is 13.2 Å². The van der Waals surface area contributed by atoms with Crippen molar-refractivity contribution >= 4 is 5.91 Å². The van der Waals surface area contributed by atoms with Crippen molar-refractivity contribution in [2.45, 2.75) is 50.8 Å². The Morgan fingerprint density at radius 2 is 2.00 bits per heavy atom. The average Bonchev–Trinajstić information content (AvgIpc) is 2.37. The molecule has 0 aromatic heterocycles. The molecule has 1 aliphatic heterocycles. The van der Waals surface area contributed by atoms with Crippen LogP contribution < -0.4 is 5.73 Å². The van der Waals surface area contributed by atoms with E-state index in [9.17, 15) is 15.0 Å². The van der Waals surface area contributed by atoms with E-state index < -0.39 is 30.5 Å². The van der Waals surface area contributed by atoms with E-state index in [1.807, 2.05) is 0 Å². The van der Waals surface area contributed by atoms with Crippen molar-refractivity contribution in [1.82, 2.24) is 0 Å². The molecule has 0 spiro atoms. The molecule has 0 aromatic rings. The Labute approximate surface area is 112 Å². The van der Waals surface area contributed by atoms with Gasteiger partial charge in [0.05, 0.1) is 12.7 Å². The standard InChI is InChI=1S/C12H23NO6/c1-7-10(16)11(17)8(6-14)19-12(7)18-5-3-2-4-9(13)15/h7-8,10-12,14,16-17H,2-6H2,1H3,(H2,13,15)/t7?,8?,10?,11-,12+/m0/s1. The van der Waals surface area contributed by atoms with E-state index >= 15 is 0 Å². The van der Waals surface area contributed by atoms with Crippen molar-refractivity contribution in [3.05, 3.63) is 0 Å². The molecular formula is C12H23NO6. The SMILES string of the molecule is CC1C(O)[C@@H](O)C(CO)O[C@H]1OCCCCC(N)=O. The van der Waals surface area contributed by atoms with Gasteiger partial charge in [-0.2, -0.15) is 0 Å². The van der Waals surface area contributed by atoms with Crippen LogP contribution in [0.3, 0.4) is 0 Å². The van der Waals surface area contributed by atoms with Crippen LogP contribution in [0.15, 0.2) is 0 Å². The number of unbranched alkanes of at least 4 members (excludes halogenated alkanes) is 1. The fraction of sp³-hybridized carbons (Fsp3) is 0.917. The number of carbonyl (C=O) groups excluding carboxylic acids is 1. The lowest BCUT2D eigenvalue weighted by Gasteiger charge is -2.40. The molecular weight excluding hydrogens is 254 g/mol. The molecule has 7 heteroatoms. The normalized spacial score (nSPS) is 35.3. The third-order valence-corrected chi connectivity index (χ3v) is 3.29. The van der Waals surface area contributed by atoms with Crippen LogP contribution >= 0.6 is 0 Å². The van der Waals surface area contributed by atoms with Gasteiger partial charge in [-0.15, -0.1) is 0 Å². The molecule has 5 N–H and O–H groups in total. The summed E-state index contributed by atoms with van der Waals surface area (Å²) in [6.45, 7) is 1.69. The van der Waals surface area contributed by atoms with E-state index in [1.54, 1.807) is 6.92 Å². The maximum absolute atomic E-state index is 10.5. The minimum absolute atomic E-state index is 0.311. The van der Waals surface area contributed by atoms with Crippen LogP contribution in [-0.2, 0) is 14.3 Å². The van der Waals surface area contributed by atoms with Gasteiger partial charge in [-0.05, 0) is 12.8 Å². The van der Waals surface area contributed by atoms with Crippen LogP contribution in [0, 0.1) is 5.92 Å². The van der Waals surface area contributed by atoms with Crippen molar-refractivity contribution < 1.29 is 29.6 Å². The summed E-state index contributed by atoms with van der Waals surface area (Å²) < 4.78 is 10.9. The molecule has 1 aliphatic rings. The van der Waals surface area contributed by atoms with Crippen LogP contribution in [0.2, 0.25) is 0 Å². The van der Waals surface area contributed by atoms with Crippen LogP contribution in [0.1, 0.15) is 26.2 Å². The van der Waals surface area contributed by atoms with Crippen molar-refractivity contribution in [1.29, 1.82) is 0 Å². The number of ether oxygens (including phenoxy) is 2. The smallest absolute Gasteiger partial charge is 0.217 e. The molecule has 1 rings (SSSR count). The van der Waals surface area contributed by atoms with Gasteiger partial charge in [-0.1, -0.05) is 6.92 Å². The highest BCUT2D eigenvalue weighted by atomic mass is 16.7. The molecule has 1 fully saturated rings. The molecule has 3 unspecified atom stereocenters. The van der Waals surface area contributed by atoms with E-state index in [2.05, 4.69) is 0 Å². The number of aliphatic hydroxyl groups is 3. The van der Waals surface area contributed by atoms with Gasteiger partial charge in [-0.3, -0.25) is 4.79 Å². The molecule has 112 valence electrons. The highest BCUT2D eigenvalue weighted by molar-refractivity contribution is 5.73. The zero-order valence-corrected chi connectivity index (χ0v) is 11.1. The first kappa shape index (κ1) is 16.3. The minimum atomic E-state index is -1.12. The number of aliphatic hydroxyl groups excluding tert-OH is 3. The summed E-state index contributed by atoms with van der Waals surface area (Å²) >= 11 is 0. The molecule has 1 saturated heterocycles. The molecule has 0 saturated carbocycles. The molecule has 0 radical (unpaired) electrons. The second-order valence-electron chi connectivity index (χ2n) is 4.86. The maximum atomic E-state index is 10.5. The highest BCUT2D eigenvalue weighted by Crippen LogP contribution is 2.26. The largest absolute Gasteiger partial charge is 0.394 e. The highest BCUT2D eigenvalue weighted by Gasteiger charge is 2.42. The number of primary amides is 1. The van der Waals surface area contributed by atoms with Crippen LogP contribution in [-0.4, -0.2) is 59.0 Å². The Balaban J connectivity index is 2.33. The molecule has 0 aromatic carbocycles. The summed E-state index contributed by atoms with van der Waals surface area (Å²) in [5.74, 6) is -0.741. The summed E-state index contributed by atoms with van der Waals surface area (Å²) in [6, 6.07) is 0. The van der Waals surface area contributed by atoms with Crippen molar-refractivity contribution in [3.63, 3.8) is 0 Å². The second kappa shape index (κ2) is 7.76. The Kier molecular flexibility index (Phi) is 6.67. The molecule has 1 heterocycles. The fourth-order valence-corrected chi connectivity index (χ4v) is 2.01. The summed E-state index contributed by atoms with van der Waals surface area (Å²) in [5, 5.41) is 28.5. The predicted octanol–water partition coefficient (Wildman–Crippen LogP) is -1.27. The van der Waals surface area contributed by atoms with Gasteiger partial charge in [0.25, 0.3) is 0 Å². The number of hydrogen-bond donors (Lipinski definition) is 4. The summed E-state index contributed by atoms with van der Waals surface area (Å²) in [5.41, 5.74) is 5.02. The zero-order chi connectivity index (χ0) is 14.4. The maximum Gasteiger partial charge on any atom is 0.217 e. The van der Waals surface area contributed by atoms with Crippen molar-refractivity contribution in [3.8, 4) is 0 Å². The molecule has 1 amide bonds. The third kappa shape index (κ3) is 4.70. The molecule has 0 bridgehead atoms. The fourth-order valence-electron chi connectivity index (χ4n) is 2.01. The summed E-state index contributed by atoms with van der Waals surface area (Å²) in [4.78, 5) is 10.5. The zero-order valence-electron chi connectivity index (χ0n) is 11.1. The lowest BCUT2D eigenvalue weighted by molar-refractivity contribution is -0.282. The molecule has 19 heavy (non-hydrogen) atoms. The van der Waals surface area contributed by atoms with Crippen LogP contribution in [0.5, 0.6) is 0 Å². The minimum Gasteiger partial charge on any atom is -0.394 e. The van der Waals surface area contributed by atoms with Crippen molar-refractivity contribution in [2.24, 2.45) is 11.7 Å².